The van der Waals surface area contributed by atoms with Crippen LogP contribution >= 0.6 is 0 Å². The van der Waals surface area contributed by atoms with Gasteiger partial charge in [0, 0.05) is 31.3 Å². The van der Waals surface area contributed by atoms with Gasteiger partial charge in [0.25, 0.3) is 5.56 Å². The van der Waals surface area contributed by atoms with Gasteiger partial charge in [0.05, 0.1) is 18.2 Å². The molecule has 0 radical (unpaired) electrons. The standard InChI is InChI=1S/C24H29N3O4/c1-4-30-12-11-27-22-14-21(31-20-8-5-16(2)6-9-20)10-7-18(22)13-19(24(27)29)15-26-17(3)23(25)28/h5-10,13-14,17,26H,4,11-12,15H2,1-3H3,(H2,25,28)/t17-/m0/s1. The monoisotopic (exact) mass is 423 g/mol. The molecule has 0 unspecified atom stereocenters. The first-order valence-electron chi connectivity index (χ1n) is 10.4. The van der Waals surface area contributed by atoms with Crippen molar-refractivity contribution < 1.29 is 14.3 Å². The highest BCUT2D eigenvalue weighted by Crippen LogP contribution is 2.26. The molecule has 0 aliphatic heterocycles. The molecule has 1 amide bonds. The highest BCUT2D eigenvalue weighted by atomic mass is 16.5. The molecule has 0 bridgehead atoms. The van der Waals surface area contributed by atoms with Gasteiger partial charge in [0.15, 0.2) is 0 Å². The Hall–Kier alpha value is -3.16. The summed E-state index contributed by atoms with van der Waals surface area (Å²) in [5.41, 5.74) is 7.66. The number of benzene rings is 2. The maximum absolute atomic E-state index is 13.2. The number of aryl methyl sites for hydroxylation is 1. The first kappa shape index (κ1) is 22.5. The third-order valence-corrected chi connectivity index (χ3v) is 5.09. The van der Waals surface area contributed by atoms with Gasteiger partial charge in [-0.3, -0.25) is 9.59 Å². The van der Waals surface area contributed by atoms with Crippen LogP contribution in [0.15, 0.2) is 53.3 Å². The lowest BCUT2D eigenvalue weighted by atomic mass is 10.1. The van der Waals surface area contributed by atoms with Gasteiger partial charge >= 0.3 is 0 Å². The number of amides is 1. The molecule has 0 fully saturated rings. The molecule has 0 aliphatic carbocycles. The van der Waals surface area contributed by atoms with Crippen LogP contribution in [0.1, 0.15) is 25.0 Å². The SMILES string of the molecule is CCOCCn1c(=O)c(CN[C@@H](C)C(N)=O)cc2ccc(Oc3ccc(C)cc3)cc21. The number of fused-ring (bicyclic) bond motifs is 1. The van der Waals surface area contributed by atoms with Crippen LogP contribution in [-0.2, 0) is 22.6 Å². The van der Waals surface area contributed by atoms with E-state index in [0.29, 0.717) is 31.1 Å². The normalized spacial score (nSPS) is 12.1. The Bertz CT molecular complexity index is 1110. The minimum absolute atomic E-state index is 0.135. The summed E-state index contributed by atoms with van der Waals surface area (Å²) < 4.78 is 13.2. The molecule has 7 heteroatoms. The molecule has 0 spiro atoms. The van der Waals surface area contributed by atoms with E-state index < -0.39 is 11.9 Å². The van der Waals surface area contributed by atoms with Crippen molar-refractivity contribution in [2.45, 2.75) is 39.9 Å². The summed E-state index contributed by atoms with van der Waals surface area (Å²) in [6.07, 6.45) is 0. The first-order valence-corrected chi connectivity index (χ1v) is 10.4. The molecule has 1 heterocycles. The van der Waals surface area contributed by atoms with Crippen LogP contribution in [0.3, 0.4) is 0 Å². The third kappa shape index (κ3) is 5.71. The fourth-order valence-electron chi connectivity index (χ4n) is 3.23. The van der Waals surface area contributed by atoms with Crippen molar-refractivity contribution in [3.05, 3.63) is 70.0 Å². The molecule has 0 aliphatic rings. The average molecular weight is 424 g/mol. The van der Waals surface area contributed by atoms with E-state index in [1.807, 2.05) is 62.4 Å². The van der Waals surface area contributed by atoms with Crippen molar-refractivity contribution in [3.63, 3.8) is 0 Å². The molecule has 2 aromatic carbocycles. The van der Waals surface area contributed by atoms with Crippen molar-refractivity contribution in [1.29, 1.82) is 0 Å². The van der Waals surface area contributed by atoms with Crippen LogP contribution in [0.4, 0.5) is 0 Å². The van der Waals surface area contributed by atoms with E-state index in [1.54, 1.807) is 11.5 Å². The number of ether oxygens (including phenoxy) is 2. The predicted molar refractivity (Wildman–Crippen MR) is 121 cm³/mol. The first-order chi connectivity index (χ1) is 14.9. The van der Waals surface area contributed by atoms with Gasteiger partial charge in [-0.1, -0.05) is 17.7 Å². The number of nitrogens with zero attached hydrogens (tertiary/aromatic N) is 1. The molecule has 3 aromatic rings. The summed E-state index contributed by atoms with van der Waals surface area (Å²) >= 11 is 0. The van der Waals surface area contributed by atoms with E-state index in [9.17, 15) is 9.59 Å². The smallest absolute Gasteiger partial charge is 0.255 e. The number of hydrogen-bond acceptors (Lipinski definition) is 5. The number of pyridine rings is 1. The van der Waals surface area contributed by atoms with Crippen molar-refractivity contribution in [3.8, 4) is 11.5 Å². The second-order valence-electron chi connectivity index (χ2n) is 7.46. The summed E-state index contributed by atoms with van der Waals surface area (Å²) in [6, 6.07) is 14.8. The summed E-state index contributed by atoms with van der Waals surface area (Å²) in [6.45, 7) is 7.26. The van der Waals surface area contributed by atoms with Gasteiger partial charge in [-0.2, -0.15) is 0 Å². The lowest BCUT2D eigenvalue weighted by molar-refractivity contribution is -0.119. The van der Waals surface area contributed by atoms with Gasteiger partial charge in [-0.25, -0.2) is 0 Å². The number of primary amides is 1. The quantitative estimate of drug-likeness (QED) is 0.489. The molecular formula is C24H29N3O4. The predicted octanol–water partition coefficient (Wildman–Crippen LogP) is 3.10. The Kier molecular flexibility index (Phi) is 7.44. The lowest BCUT2D eigenvalue weighted by Crippen LogP contribution is -2.39. The molecule has 1 aromatic heterocycles. The van der Waals surface area contributed by atoms with Crippen LogP contribution in [-0.4, -0.2) is 29.7 Å². The summed E-state index contributed by atoms with van der Waals surface area (Å²) in [5.74, 6) is 0.916. The van der Waals surface area contributed by atoms with E-state index in [4.69, 9.17) is 15.2 Å². The molecule has 3 rings (SSSR count). The highest BCUT2D eigenvalue weighted by Gasteiger charge is 2.13. The average Bonchev–Trinajstić information content (AvgIpc) is 2.75. The van der Waals surface area contributed by atoms with Gasteiger partial charge in [0.2, 0.25) is 5.91 Å². The molecule has 1 atom stereocenters. The second kappa shape index (κ2) is 10.2. The van der Waals surface area contributed by atoms with E-state index in [1.165, 1.54) is 0 Å². The van der Waals surface area contributed by atoms with E-state index in [-0.39, 0.29) is 12.1 Å². The lowest BCUT2D eigenvalue weighted by Gasteiger charge is -2.16. The number of hydrogen-bond donors (Lipinski definition) is 2. The number of nitrogens with one attached hydrogen (secondary N) is 1. The van der Waals surface area contributed by atoms with Crippen LogP contribution < -0.4 is 21.3 Å². The molecule has 164 valence electrons. The van der Waals surface area contributed by atoms with Gasteiger partial charge < -0.3 is 25.1 Å². The van der Waals surface area contributed by atoms with Gasteiger partial charge in [0.1, 0.15) is 11.5 Å². The van der Waals surface area contributed by atoms with Crippen LogP contribution in [0.25, 0.3) is 10.9 Å². The number of aromatic nitrogens is 1. The summed E-state index contributed by atoms with van der Waals surface area (Å²) in [5, 5.41) is 3.90. The molecular weight excluding hydrogens is 394 g/mol. The highest BCUT2D eigenvalue weighted by molar-refractivity contribution is 5.81. The Balaban J connectivity index is 1.97. The molecule has 0 saturated carbocycles. The number of carbonyl (C=O) groups excluding carboxylic acids is 1. The Morgan fingerprint density at radius 1 is 1.13 bits per heavy atom. The van der Waals surface area contributed by atoms with Crippen LogP contribution in [0.2, 0.25) is 0 Å². The van der Waals surface area contributed by atoms with Crippen molar-refractivity contribution in [2.24, 2.45) is 5.73 Å². The second-order valence-corrected chi connectivity index (χ2v) is 7.46. The molecule has 3 N–H and O–H groups in total. The Labute approximate surface area is 181 Å². The van der Waals surface area contributed by atoms with Crippen molar-refractivity contribution >= 4 is 16.8 Å². The fourth-order valence-corrected chi connectivity index (χ4v) is 3.23. The third-order valence-electron chi connectivity index (χ3n) is 5.09. The summed E-state index contributed by atoms with van der Waals surface area (Å²) in [7, 11) is 0. The van der Waals surface area contributed by atoms with Crippen LogP contribution in [0.5, 0.6) is 11.5 Å². The Morgan fingerprint density at radius 3 is 2.52 bits per heavy atom. The zero-order valence-electron chi connectivity index (χ0n) is 18.2. The minimum atomic E-state index is -0.530. The number of rotatable bonds is 10. The zero-order valence-corrected chi connectivity index (χ0v) is 18.2. The van der Waals surface area contributed by atoms with E-state index >= 15 is 0 Å². The van der Waals surface area contributed by atoms with E-state index in [0.717, 1.165) is 22.2 Å². The molecule has 31 heavy (non-hydrogen) atoms. The topological polar surface area (TPSA) is 95.6 Å². The van der Waals surface area contributed by atoms with Crippen molar-refractivity contribution in [2.75, 3.05) is 13.2 Å². The van der Waals surface area contributed by atoms with Crippen molar-refractivity contribution in [1.82, 2.24) is 9.88 Å². The van der Waals surface area contributed by atoms with E-state index in [2.05, 4.69) is 5.32 Å². The zero-order chi connectivity index (χ0) is 22.4. The maximum atomic E-state index is 13.2. The van der Waals surface area contributed by atoms with Crippen LogP contribution in [0, 0.1) is 6.92 Å². The molecule has 0 saturated heterocycles. The maximum Gasteiger partial charge on any atom is 0.255 e. The summed E-state index contributed by atoms with van der Waals surface area (Å²) in [4.78, 5) is 24.5. The largest absolute Gasteiger partial charge is 0.457 e. The number of carbonyl (C=O) groups is 1. The fraction of sp³-hybridized carbons (Fsp3) is 0.333. The van der Waals surface area contributed by atoms with Gasteiger partial charge in [-0.05, 0) is 56.5 Å². The number of nitrogens with two attached hydrogens (primary N) is 1. The van der Waals surface area contributed by atoms with Gasteiger partial charge in [-0.15, -0.1) is 0 Å². The minimum Gasteiger partial charge on any atom is -0.457 e. The Morgan fingerprint density at radius 2 is 1.84 bits per heavy atom. The molecule has 7 nitrogen and oxygen atoms in total.